The number of imidazole rings is 2. The van der Waals surface area contributed by atoms with Gasteiger partial charge in [-0.05, 0) is 17.7 Å². The number of rotatable bonds is 3. The molecule has 2 aromatic heterocycles. The van der Waals surface area contributed by atoms with Gasteiger partial charge in [-0.15, -0.1) is 0 Å². The average molecular weight is 303 g/mol. The first-order valence-corrected chi connectivity index (χ1v) is 7.12. The predicted octanol–water partition coefficient (Wildman–Crippen LogP) is 2.72. The number of fused-ring (bicyclic) bond motifs is 1. The third kappa shape index (κ3) is 2.26. The lowest BCUT2D eigenvalue weighted by molar-refractivity contribution is 0.0991. The lowest BCUT2D eigenvalue weighted by Crippen LogP contribution is -2.12. The highest BCUT2D eigenvalue weighted by Crippen LogP contribution is 2.27. The molecule has 2 heterocycles. The van der Waals surface area contributed by atoms with Crippen molar-refractivity contribution < 1.29 is 4.79 Å². The number of H-pyrrole nitrogens is 2. The molecule has 0 saturated heterocycles. The van der Waals surface area contributed by atoms with Gasteiger partial charge in [0, 0.05) is 5.56 Å². The lowest BCUT2D eigenvalue weighted by atomic mass is 10.1. The van der Waals surface area contributed by atoms with E-state index in [1.54, 1.807) is 6.20 Å². The van der Waals surface area contributed by atoms with Gasteiger partial charge in [-0.2, -0.15) is 0 Å². The highest BCUT2D eigenvalue weighted by atomic mass is 16.1. The molecule has 2 aromatic carbocycles. The monoisotopic (exact) mass is 303 g/mol. The number of carbonyl (C=O) groups excluding carboxylic acids is 1. The molecule has 23 heavy (non-hydrogen) atoms. The highest BCUT2D eigenvalue weighted by molar-refractivity contribution is 5.97. The van der Waals surface area contributed by atoms with E-state index in [-0.39, 0.29) is 5.82 Å². The summed E-state index contributed by atoms with van der Waals surface area (Å²) in [5.74, 6) is 0.246. The molecule has 0 atom stereocenters. The van der Waals surface area contributed by atoms with E-state index < -0.39 is 5.91 Å². The van der Waals surface area contributed by atoms with Gasteiger partial charge in [0.1, 0.15) is 11.3 Å². The molecule has 0 bridgehead atoms. The molecular formula is C17H13N5O. The fraction of sp³-hybridized carbons (Fsp3) is 0. The Bertz CT molecular complexity index is 1000. The molecule has 0 fully saturated rings. The van der Waals surface area contributed by atoms with Crippen LogP contribution in [0.2, 0.25) is 0 Å². The molecule has 112 valence electrons. The van der Waals surface area contributed by atoms with Crippen molar-refractivity contribution in [3.8, 4) is 22.6 Å². The SMILES string of the molecule is NC(=O)c1nc2c(-c3ncc(-c4ccccc4)[nH]3)cccc2[nH]1. The van der Waals surface area contributed by atoms with Gasteiger partial charge in [-0.1, -0.05) is 36.4 Å². The van der Waals surface area contributed by atoms with Crippen LogP contribution >= 0.6 is 0 Å². The maximum Gasteiger partial charge on any atom is 0.284 e. The summed E-state index contributed by atoms with van der Waals surface area (Å²) >= 11 is 0. The lowest BCUT2D eigenvalue weighted by Gasteiger charge is -1.99. The molecule has 6 nitrogen and oxygen atoms in total. The van der Waals surface area contributed by atoms with E-state index in [4.69, 9.17) is 5.73 Å². The first kappa shape index (κ1) is 13.3. The maximum absolute atomic E-state index is 11.3. The van der Waals surface area contributed by atoms with E-state index in [9.17, 15) is 4.79 Å². The summed E-state index contributed by atoms with van der Waals surface area (Å²) in [6.45, 7) is 0. The van der Waals surface area contributed by atoms with Crippen LogP contribution in [0.25, 0.3) is 33.7 Å². The molecular weight excluding hydrogens is 290 g/mol. The summed E-state index contributed by atoms with van der Waals surface area (Å²) in [4.78, 5) is 26.2. The van der Waals surface area contributed by atoms with E-state index in [0.717, 1.165) is 22.3 Å². The molecule has 0 radical (unpaired) electrons. The number of nitrogens with two attached hydrogens (primary N) is 1. The van der Waals surface area contributed by atoms with Crippen LogP contribution in [0.5, 0.6) is 0 Å². The van der Waals surface area contributed by atoms with Gasteiger partial charge < -0.3 is 15.7 Å². The number of aromatic amines is 2. The molecule has 0 aliphatic rings. The molecule has 0 spiro atoms. The van der Waals surface area contributed by atoms with Crippen LogP contribution in [-0.2, 0) is 0 Å². The summed E-state index contributed by atoms with van der Waals surface area (Å²) in [5.41, 5.74) is 9.48. The second-order valence-corrected chi connectivity index (χ2v) is 5.16. The molecule has 0 aliphatic carbocycles. The average Bonchev–Trinajstić information content (AvgIpc) is 3.22. The van der Waals surface area contributed by atoms with Crippen LogP contribution in [0.4, 0.5) is 0 Å². The number of carbonyl (C=O) groups is 1. The minimum absolute atomic E-state index is 0.141. The van der Waals surface area contributed by atoms with Crippen molar-refractivity contribution in [1.82, 2.24) is 19.9 Å². The van der Waals surface area contributed by atoms with Crippen LogP contribution in [-0.4, -0.2) is 25.8 Å². The van der Waals surface area contributed by atoms with Crippen LogP contribution in [0, 0.1) is 0 Å². The first-order chi connectivity index (χ1) is 11.2. The fourth-order valence-corrected chi connectivity index (χ4v) is 2.56. The summed E-state index contributed by atoms with van der Waals surface area (Å²) in [5, 5.41) is 0. The summed E-state index contributed by atoms with van der Waals surface area (Å²) in [6.07, 6.45) is 1.78. The van der Waals surface area contributed by atoms with Crippen LogP contribution in [0.15, 0.2) is 54.7 Å². The van der Waals surface area contributed by atoms with Gasteiger partial charge in [-0.25, -0.2) is 9.97 Å². The normalized spacial score (nSPS) is 11.0. The zero-order valence-electron chi connectivity index (χ0n) is 12.1. The Labute approximate surface area is 131 Å². The Morgan fingerprint density at radius 2 is 1.83 bits per heavy atom. The van der Waals surface area contributed by atoms with E-state index in [1.165, 1.54) is 0 Å². The van der Waals surface area contributed by atoms with E-state index in [0.29, 0.717) is 11.3 Å². The molecule has 4 N–H and O–H groups in total. The van der Waals surface area contributed by atoms with Gasteiger partial charge in [0.2, 0.25) is 0 Å². The summed E-state index contributed by atoms with van der Waals surface area (Å²) in [6, 6.07) is 15.6. The first-order valence-electron chi connectivity index (χ1n) is 7.12. The minimum atomic E-state index is -0.587. The predicted molar refractivity (Wildman–Crippen MR) is 87.6 cm³/mol. The molecule has 0 unspecified atom stereocenters. The summed E-state index contributed by atoms with van der Waals surface area (Å²) in [7, 11) is 0. The van der Waals surface area contributed by atoms with Crippen LogP contribution in [0.1, 0.15) is 10.6 Å². The zero-order valence-corrected chi connectivity index (χ0v) is 12.1. The summed E-state index contributed by atoms with van der Waals surface area (Å²) < 4.78 is 0. The topological polar surface area (TPSA) is 100 Å². The number of hydrogen-bond donors (Lipinski definition) is 3. The Morgan fingerprint density at radius 1 is 1.00 bits per heavy atom. The van der Waals surface area contributed by atoms with E-state index >= 15 is 0 Å². The number of nitrogens with one attached hydrogen (secondary N) is 2. The van der Waals surface area contributed by atoms with E-state index in [2.05, 4.69) is 19.9 Å². The van der Waals surface area contributed by atoms with Gasteiger partial charge >= 0.3 is 0 Å². The molecule has 1 amide bonds. The quantitative estimate of drug-likeness (QED) is 0.542. The van der Waals surface area contributed by atoms with Crippen LogP contribution in [0.3, 0.4) is 0 Å². The second-order valence-electron chi connectivity index (χ2n) is 5.16. The van der Waals surface area contributed by atoms with Crippen molar-refractivity contribution in [3.05, 3.63) is 60.6 Å². The van der Waals surface area contributed by atoms with Crippen molar-refractivity contribution in [1.29, 1.82) is 0 Å². The smallest absolute Gasteiger partial charge is 0.284 e. The number of primary amides is 1. The third-order valence-corrected chi connectivity index (χ3v) is 3.66. The largest absolute Gasteiger partial charge is 0.363 e. The van der Waals surface area contributed by atoms with Gasteiger partial charge in [-0.3, -0.25) is 4.79 Å². The molecule has 6 heteroatoms. The molecule has 0 aliphatic heterocycles. The van der Waals surface area contributed by atoms with Crippen molar-refractivity contribution in [3.63, 3.8) is 0 Å². The van der Waals surface area contributed by atoms with Crippen molar-refractivity contribution in [2.75, 3.05) is 0 Å². The minimum Gasteiger partial charge on any atom is -0.363 e. The number of nitrogens with zero attached hydrogens (tertiary/aromatic N) is 2. The third-order valence-electron chi connectivity index (χ3n) is 3.66. The Morgan fingerprint density at radius 3 is 2.61 bits per heavy atom. The highest BCUT2D eigenvalue weighted by Gasteiger charge is 2.14. The molecule has 0 saturated carbocycles. The second kappa shape index (κ2) is 5.10. The fourth-order valence-electron chi connectivity index (χ4n) is 2.56. The van der Waals surface area contributed by atoms with Gasteiger partial charge in [0.15, 0.2) is 5.82 Å². The number of benzene rings is 2. The van der Waals surface area contributed by atoms with Crippen molar-refractivity contribution in [2.24, 2.45) is 5.73 Å². The Balaban J connectivity index is 1.84. The standard InChI is InChI=1S/C17H13N5O/c18-15(23)17-20-12-8-4-7-11(14(12)22-17)16-19-9-13(21-16)10-5-2-1-3-6-10/h1-9H,(H2,18,23)(H,19,21)(H,20,22). The van der Waals surface area contributed by atoms with Crippen molar-refractivity contribution in [2.45, 2.75) is 0 Å². The Kier molecular flexibility index (Phi) is 2.94. The Hall–Kier alpha value is -3.41. The van der Waals surface area contributed by atoms with Gasteiger partial charge in [0.05, 0.1) is 17.4 Å². The molecule has 4 aromatic rings. The number of para-hydroxylation sites is 1. The maximum atomic E-state index is 11.3. The number of hydrogen-bond acceptors (Lipinski definition) is 3. The van der Waals surface area contributed by atoms with Gasteiger partial charge in [0.25, 0.3) is 5.91 Å². The number of amides is 1. The van der Waals surface area contributed by atoms with Crippen LogP contribution < -0.4 is 5.73 Å². The van der Waals surface area contributed by atoms with Crippen molar-refractivity contribution >= 4 is 16.9 Å². The number of aromatic nitrogens is 4. The molecule has 4 rings (SSSR count). The zero-order chi connectivity index (χ0) is 15.8. The van der Waals surface area contributed by atoms with E-state index in [1.807, 2.05) is 48.5 Å².